The fourth-order valence-corrected chi connectivity index (χ4v) is 2.14. The van der Waals surface area contributed by atoms with Gasteiger partial charge in [0.05, 0.1) is 10.6 Å². The average Bonchev–Trinajstić information content (AvgIpc) is 2.33. The Morgan fingerprint density at radius 3 is 2.50 bits per heavy atom. The number of nitrogens with one attached hydrogen (secondary N) is 1. The van der Waals surface area contributed by atoms with Gasteiger partial charge in [-0.15, -0.1) is 0 Å². The molecule has 0 atom stereocenters. The van der Waals surface area contributed by atoms with Crippen molar-refractivity contribution in [3.05, 3.63) is 51.3 Å². The van der Waals surface area contributed by atoms with E-state index in [1.54, 1.807) is 0 Å². The van der Waals surface area contributed by atoms with E-state index in [4.69, 9.17) is 11.6 Å². The van der Waals surface area contributed by atoms with Crippen LogP contribution in [0, 0.1) is 5.82 Å². The molecule has 0 bridgehead atoms. The Balaban J connectivity index is 2.35. The highest BCUT2D eigenvalue weighted by Gasteiger charge is 2.34. The molecule has 1 N–H and O–H groups in total. The Morgan fingerprint density at radius 1 is 1.20 bits per heavy atom. The van der Waals surface area contributed by atoms with Crippen LogP contribution in [0.1, 0.15) is 5.56 Å². The summed E-state index contributed by atoms with van der Waals surface area (Å²) < 4.78 is 51.5. The van der Waals surface area contributed by atoms with Gasteiger partial charge in [0.25, 0.3) is 0 Å². The third-order valence-electron chi connectivity index (χ3n) is 2.34. The fraction of sp³-hybridized carbons (Fsp3) is 0.0833. The second-order valence-electron chi connectivity index (χ2n) is 3.80. The van der Waals surface area contributed by atoms with Crippen molar-refractivity contribution in [3.8, 4) is 0 Å². The predicted molar refractivity (Wildman–Crippen MR) is 71.6 cm³/mol. The molecule has 0 aliphatic carbocycles. The van der Waals surface area contributed by atoms with Crippen LogP contribution in [-0.4, -0.2) is 4.98 Å². The third kappa shape index (κ3) is 3.40. The van der Waals surface area contributed by atoms with Crippen LogP contribution in [0.4, 0.5) is 29.1 Å². The summed E-state index contributed by atoms with van der Waals surface area (Å²) in [6.07, 6.45) is -3.33. The number of hydrogen-bond acceptors (Lipinski definition) is 2. The molecular weight excluding hydrogens is 363 g/mol. The second-order valence-corrected chi connectivity index (χ2v) is 5.12. The van der Waals surface area contributed by atoms with E-state index in [1.807, 2.05) is 0 Å². The fourth-order valence-electron chi connectivity index (χ4n) is 1.46. The van der Waals surface area contributed by atoms with Gasteiger partial charge in [-0.2, -0.15) is 13.2 Å². The number of anilines is 2. The SMILES string of the molecule is Fc1ccc(Nc2ncc(Br)cc2Cl)cc1C(F)(F)F. The van der Waals surface area contributed by atoms with Gasteiger partial charge in [0, 0.05) is 16.4 Å². The monoisotopic (exact) mass is 368 g/mol. The minimum Gasteiger partial charge on any atom is -0.339 e. The summed E-state index contributed by atoms with van der Waals surface area (Å²) in [5.74, 6) is -1.16. The second kappa shape index (κ2) is 5.57. The Bertz CT molecular complexity index is 646. The van der Waals surface area contributed by atoms with E-state index in [9.17, 15) is 17.6 Å². The van der Waals surface area contributed by atoms with Crippen molar-refractivity contribution in [3.63, 3.8) is 0 Å². The molecule has 0 spiro atoms. The molecule has 1 heterocycles. The molecule has 1 aromatic carbocycles. The van der Waals surface area contributed by atoms with Crippen LogP contribution < -0.4 is 5.32 Å². The Kier molecular flexibility index (Phi) is 4.19. The molecule has 1 aromatic heterocycles. The number of hydrogen-bond donors (Lipinski definition) is 1. The van der Waals surface area contributed by atoms with E-state index in [0.29, 0.717) is 10.5 Å². The summed E-state index contributed by atoms with van der Waals surface area (Å²) >= 11 is 9.04. The van der Waals surface area contributed by atoms with Gasteiger partial charge in [0.2, 0.25) is 0 Å². The zero-order chi connectivity index (χ0) is 14.9. The van der Waals surface area contributed by atoms with Crippen molar-refractivity contribution in [2.45, 2.75) is 6.18 Å². The summed E-state index contributed by atoms with van der Waals surface area (Å²) in [4.78, 5) is 3.92. The summed E-state index contributed by atoms with van der Waals surface area (Å²) in [7, 11) is 0. The Morgan fingerprint density at radius 2 is 1.90 bits per heavy atom. The van der Waals surface area contributed by atoms with E-state index < -0.39 is 17.6 Å². The van der Waals surface area contributed by atoms with Crippen LogP contribution in [-0.2, 0) is 6.18 Å². The molecule has 8 heteroatoms. The van der Waals surface area contributed by atoms with Crippen LogP contribution in [0.15, 0.2) is 34.9 Å². The van der Waals surface area contributed by atoms with Gasteiger partial charge in [-0.25, -0.2) is 9.37 Å². The first-order valence-corrected chi connectivity index (χ1v) is 6.39. The van der Waals surface area contributed by atoms with Crippen molar-refractivity contribution in [2.75, 3.05) is 5.32 Å². The molecule has 106 valence electrons. The molecule has 0 unspecified atom stereocenters. The van der Waals surface area contributed by atoms with Crippen LogP contribution in [0.2, 0.25) is 5.02 Å². The molecule has 20 heavy (non-hydrogen) atoms. The van der Waals surface area contributed by atoms with Crippen molar-refractivity contribution < 1.29 is 17.6 Å². The largest absolute Gasteiger partial charge is 0.419 e. The molecule has 2 nitrogen and oxygen atoms in total. The van der Waals surface area contributed by atoms with E-state index in [-0.39, 0.29) is 16.5 Å². The molecule has 0 saturated carbocycles. The number of rotatable bonds is 2. The molecule has 0 amide bonds. The summed E-state index contributed by atoms with van der Waals surface area (Å²) in [6, 6.07) is 4.10. The minimum absolute atomic E-state index is 0.0375. The number of nitrogens with zero attached hydrogens (tertiary/aromatic N) is 1. The first-order valence-electron chi connectivity index (χ1n) is 5.22. The summed E-state index contributed by atoms with van der Waals surface area (Å²) in [5.41, 5.74) is -1.31. The molecule has 0 radical (unpaired) electrons. The summed E-state index contributed by atoms with van der Waals surface area (Å²) in [6.45, 7) is 0. The van der Waals surface area contributed by atoms with Crippen LogP contribution in [0.3, 0.4) is 0 Å². The van der Waals surface area contributed by atoms with E-state index in [0.717, 1.165) is 6.07 Å². The zero-order valence-corrected chi connectivity index (χ0v) is 11.9. The molecule has 0 aliphatic heterocycles. The molecular formula is C12H6BrClF4N2. The minimum atomic E-state index is -4.77. The third-order valence-corrected chi connectivity index (χ3v) is 3.06. The number of halogens is 6. The van der Waals surface area contributed by atoms with Crippen molar-refractivity contribution >= 4 is 39.0 Å². The topological polar surface area (TPSA) is 24.9 Å². The first kappa shape index (κ1) is 15.1. The van der Waals surface area contributed by atoms with Crippen LogP contribution >= 0.6 is 27.5 Å². The number of aromatic nitrogens is 1. The van der Waals surface area contributed by atoms with E-state index in [1.165, 1.54) is 18.3 Å². The lowest BCUT2D eigenvalue weighted by Gasteiger charge is -2.12. The lowest BCUT2D eigenvalue weighted by molar-refractivity contribution is -0.139. The first-order chi connectivity index (χ1) is 9.27. The maximum atomic E-state index is 13.1. The highest BCUT2D eigenvalue weighted by atomic mass is 79.9. The van der Waals surface area contributed by atoms with E-state index in [2.05, 4.69) is 26.2 Å². The highest BCUT2D eigenvalue weighted by molar-refractivity contribution is 9.10. The molecule has 2 rings (SSSR count). The average molecular weight is 370 g/mol. The maximum absolute atomic E-state index is 13.1. The van der Waals surface area contributed by atoms with Crippen molar-refractivity contribution in [1.29, 1.82) is 0 Å². The van der Waals surface area contributed by atoms with Crippen LogP contribution in [0.5, 0.6) is 0 Å². The number of pyridine rings is 1. The molecule has 0 saturated heterocycles. The number of benzene rings is 1. The predicted octanol–water partition coefficient (Wildman–Crippen LogP) is 5.40. The standard InChI is InChI=1S/C12H6BrClF4N2/c13-6-3-9(14)11(19-5-6)20-7-1-2-10(15)8(4-7)12(16,17)18/h1-5H,(H,19,20). The van der Waals surface area contributed by atoms with Gasteiger partial charge < -0.3 is 5.32 Å². The van der Waals surface area contributed by atoms with E-state index >= 15 is 0 Å². The van der Waals surface area contributed by atoms with Gasteiger partial charge in [-0.3, -0.25) is 0 Å². The quantitative estimate of drug-likeness (QED) is 0.717. The van der Waals surface area contributed by atoms with Crippen molar-refractivity contribution in [1.82, 2.24) is 4.98 Å². The van der Waals surface area contributed by atoms with Gasteiger partial charge in [0.1, 0.15) is 11.6 Å². The van der Waals surface area contributed by atoms with Crippen LogP contribution in [0.25, 0.3) is 0 Å². The maximum Gasteiger partial charge on any atom is 0.419 e. The normalized spacial score (nSPS) is 11.5. The lowest BCUT2D eigenvalue weighted by Crippen LogP contribution is -2.08. The lowest BCUT2D eigenvalue weighted by atomic mass is 10.2. The summed E-state index contributed by atoms with van der Waals surface area (Å²) in [5, 5.41) is 2.83. The van der Waals surface area contributed by atoms with Gasteiger partial charge in [-0.1, -0.05) is 11.6 Å². The molecule has 2 aromatic rings. The number of alkyl halides is 3. The highest BCUT2D eigenvalue weighted by Crippen LogP contribution is 2.34. The molecule has 0 aliphatic rings. The van der Waals surface area contributed by atoms with Gasteiger partial charge in [0.15, 0.2) is 0 Å². The van der Waals surface area contributed by atoms with Gasteiger partial charge >= 0.3 is 6.18 Å². The van der Waals surface area contributed by atoms with Crippen molar-refractivity contribution in [2.24, 2.45) is 0 Å². The smallest absolute Gasteiger partial charge is 0.339 e. The Labute approximate surface area is 124 Å². The zero-order valence-electron chi connectivity index (χ0n) is 9.60. The molecule has 0 fully saturated rings. The van der Waals surface area contributed by atoms with Gasteiger partial charge in [-0.05, 0) is 40.2 Å². The Hall–Kier alpha value is -1.34.